The number of fused-ring (bicyclic) bond motifs is 1. The Hall–Kier alpha value is -4.80. The third kappa shape index (κ3) is 5.88. The van der Waals surface area contributed by atoms with E-state index in [-0.39, 0.29) is 5.91 Å². The number of nitrogens with zero attached hydrogens (tertiary/aromatic N) is 5. The number of ether oxygens (including phenoxy) is 1. The molecule has 0 N–H and O–H groups in total. The van der Waals surface area contributed by atoms with Crippen molar-refractivity contribution in [1.82, 2.24) is 24.5 Å². The Kier molecular flexibility index (Phi) is 7.57. The van der Waals surface area contributed by atoms with E-state index < -0.39 is 0 Å². The molecule has 4 heterocycles. The molecule has 1 saturated heterocycles. The van der Waals surface area contributed by atoms with Gasteiger partial charge in [0.25, 0.3) is 5.91 Å². The molecule has 0 aliphatic carbocycles. The number of carbonyl (C=O) groups is 1. The first-order chi connectivity index (χ1) is 20.0. The molecule has 0 unspecified atom stereocenters. The van der Waals surface area contributed by atoms with E-state index in [1.54, 1.807) is 10.7 Å². The van der Waals surface area contributed by atoms with Crippen molar-refractivity contribution in [2.24, 2.45) is 0 Å². The summed E-state index contributed by atoms with van der Waals surface area (Å²) in [5, 5.41) is 4.81. The van der Waals surface area contributed by atoms with Crippen molar-refractivity contribution < 1.29 is 9.53 Å². The number of aromatic nitrogens is 4. The van der Waals surface area contributed by atoms with Crippen LogP contribution in [0.3, 0.4) is 0 Å². The van der Waals surface area contributed by atoms with Gasteiger partial charge in [-0.2, -0.15) is 5.10 Å². The fourth-order valence-corrected chi connectivity index (χ4v) is 5.09. The van der Waals surface area contributed by atoms with Gasteiger partial charge in [-0.15, -0.1) is 0 Å². The Labute approximate surface area is 239 Å². The Morgan fingerprint density at radius 2 is 1.76 bits per heavy atom. The van der Waals surface area contributed by atoms with Gasteiger partial charge in [0.05, 0.1) is 25.1 Å². The molecule has 0 spiro atoms. The normalized spacial score (nSPS) is 13.3. The monoisotopic (exact) mass is 541 g/mol. The van der Waals surface area contributed by atoms with Crippen molar-refractivity contribution >= 4 is 11.6 Å². The Bertz CT molecular complexity index is 1760. The van der Waals surface area contributed by atoms with Crippen molar-refractivity contribution in [2.75, 3.05) is 26.3 Å². The summed E-state index contributed by atoms with van der Waals surface area (Å²) in [4.78, 5) is 23.7. The molecule has 2 aromatic carbocycles. The van der Waals surface area contributed by atoms with Crippen LogP contribution in [0.2, 0.25) is 0 Å². The van der Waals surface area contributed by atoms with E-state index >= 15 is 0 Å². The summed E-state index contributed by atoms with van der Waals surface area (Å²) >= 11 is 0. The van der Waals surface area contributed by atoms with Gasteiger partial charge >= 0.3 is 0 Å². The predicted molar refractivity (Wildman–Crippen MR) is 159 cm³/mol. The third-order valence-corrected chi connectivity index (χ3v) is 7.29. The lowest BCUT2D eigenvalue weighted by Crippen LogP contribution is -2.40. The molecule has 41 heavy (non-hydrogen) atoms. The molecular weight excluding hydrogens is 510 g/mol. The number of carbonyl (C=O) groups excluding carboxylic acids is 1. The number of morpholine rings is 1. The van der Waals surface area contributed by atoms with Gasteiger partial charge in [0.2, 0.25) is 0 Å². The summed E-state index contributed by atoms with van der Waals surface area (Å²) < 4.78 is 7.12. The van der Waals surface area contributed by atoms with Crippen molar-refractivity contribution in [3.8, 4) is 23.1 Å². The molecule has 0 saturated carbocycles. The molecular formula is C34H31N5O2. The zero-order valence-electron chi connectivity index (χ0n) is 23.2. The van der Waals surface area contributed by atoms with E-state index in [2.05, 4.69) is 59.9 Å². The van der Waals surface area contributed by atoms with Crippen molar-refractivity contribution in [3.63, 3.8) is 0 Å². The molecule has 0 bridgehead atoms. The quantitative estimate of drug-likeness (QED) is 0.280. The highest BCUT2D eigenvalue weighted by atomic mass is 16.5. The fraction of sp³-hybridized carbons (Fsp3) is 0.235. The molecule has 1 amide bonds. The summed E-state index contributed by atoms with van der Waals surface area (Å²) in [6.45, 7) is 6.84. The van der Waals surface area contributed by atoms with Gasteiger partial charge < -0.3 is 9.64 Å². The van der Waals surface area contributed by atoms with Crippen molar-refractivity contribution in [2.45, 2.75) is 26.2 Å². The highest BCUT2D eigenvalue weighted by Crippen LogP contribution is 2.22. The van der Waals surface area contributed by atoms with Crippen LogP contribution >= 0.6 is 0 Å². The van der Waals surface area contributed by atoms with Gasteiger partial charge in [-0.3, -0.25) is 9.78 Å². The van der Waals surface area contributed by atoms with Gasteiger partial charge in [0.15, 0.2) is 5.65 Å². The van der Waals surface area contributed by atoms with Crippen molar-refractivity contribution in [1.29, 1.82) is 0 Å². The fourth-order valence-electron chi connectivity index (χ4n) is 5.09. The van der Waals surface area contributed by atoms with Gasteiger partial charge in [0, 0.05) is 48.1 Å². The molecule has 6 rings (SSSR count). The topological polar surface area (TPSA) is 72.6 Å². The summed E-state index contributed by atoms with van der Waals surface area (Å²) in [7, 11) is 0. The van der Waals surface area contributed by atoms with E-state index in [0.29, 0.717) is 43.5 Å². The summed E-state index contributed by atoms with van der Waals surface area (Å²) in [5.74, 6) is 7.00. The Morgan fingerprint density at radius 1 is 0.951 bits per heavy atom. The lowest BCUT2D eigenvalue weighted by atomic mass is 9.94. The number of rotatable bonds is 5. The average Bonchev–Trinajstić information content (AvgIpc) is 3.43. The van der Waals surface area contributed by atoms with Crippen LogP contribution < -0.4 is 0 Å². The number of amides is 1. The minimum absolute atomic E-state index is 0.0267. The highest BCUT2D eigenvalue weighted by Gasteiger charge is 2.18. The average molecular weight is 542 g/mol. The van der Waals surface area contributed by atoms with Crippen LogP contribution in [0.25, 0.3) is 16.9 Å². The second-order valence-corrected chi connectivity index (χ2v) is 10.4. The first kappa shape index (κ1) is 26.4. The molecule has 3 aromatic heterocycles. The maximum atomic E-state index is 12.8. The maximum Gasteiger partial charge on any atom is 0.254 e. The number of hydrogen-bond acceptors (Lipinski definition) is 5. The largest absolute Gasteiger partial charge is 0.378 e. The molecule has 1 fully saturated rings. The number of imidazole rings is 1. The number of pyridine rings is 1. The minimum Gasteiger partial charge on any atom is -0.378 e. The SMILES string of the molecule is CC(C)c1ccccc1Cc1cc(C#Cc2cnc3ccc(-c4ccc(C(=O)N5CCOCC5)cc4)nn23)ccn1. The smallest absolute Gasteiger partial charge is 0.254 e. The maximum absolute atomic E-state index is 12.8. The molecule has 1 aliphatic heterocycles. The highest BCUT2D eigenvalue weighted by molar-refractivity contribution is 5.94. The van der Waals surface area contributed by atoms with Gasteiger partial charge in [-0.25, -0.2) is 9.50 Å². The van der Waals surface area contributed by atoms with Gasteiger partial charge in [0.1, 0.15) is 5.69 Å². The zero-order valence-corrected chi connectivity index (χ0v) is 23.2. The molecule has 5 aromatic rings. The van der Waals surface area contributed by atoms with Gasteiger partial charge in [-0.1, -0.05) is 56.2 Å². The second-order valence-electron chi connectivity index (χ2n) is 10.4. The molecule has 0 radical (unpaired) electrons. The molecule has 0 atom stereocenters. The van der Waals surface area contributed by atoms with E-state index in [1.807, 2.05) is 59.6 Å². The van der Waals surface area contributed by atoms with Crippen LogP contribution in [-0.2, 0) is 11.2 Å². The summed E-state index contributed by atoms with van der Waals surface area (Å²) in [6.07, 6.45) is 4.32. The lowest BCUT2D eigenvalue weighted by molar-refractivity contribution is 0.0303. The summed E-state index contributed by atoms with van der Waals surface area (Å²) in [5.41, 5.74) is 8.28. The van der Waals surface area contributed by atoms with Crippen LogP contribution in [-0.4, -0.2) is 56.7 Å². The zero-order chi connectivity index (χ0) is 28.2. The first-order valence-corrected chi connectivity index (χ1v) is 13.9. The number of benzene rings is 2. The van der Waals surface area contributed by atoms with Crippen LogP contribution in [0.15, 0.2) is 85.2 Å². The van der Waals surface area contributed by atoms with E-state index in [4.69, 9.17) is 9.84 Å². The van der Waals surface area contributed by atoms with Gasteiger partial charge in [-0.05, 0) is 59.4 Å². The van der Waals surface area contributed by atoms with Crippen LogP contribution in [0.1, 0.15) is 58.2 Å². The molecule has 204 valence electrons. The molecule has 7 nitrogen and oxygen atoms in total. The standard InChI is InChI=1S/C34H31N5O2/c1-24(2)31-6-4-3-5-28(31)22-29-21-25(15-16-35-29)7-12-30-23-36-33-14-13-32(37-39(30)33)26-8-10-27(11-9-26)34(40)38-17-19-41-20-18-38/h3-6,8-11,13-16,21,23-24H,17-20,22H2,1-2H3. The first-order valence-electron chi connectivity index (χ1n) is 13.9. The van der Waals surface area contributed by atoms with E-state index in [0.717, 1.165) is 34.6 Å². The van der Waals surface area contributed by atoms with Crippen LogP contribution in [0.5, 0.6) is 0 Å². The Morgan fingerprint density at radius 3 is 2.56 bits per heavy atom. The van der Waals surface area contributed by atoms with E-state index in [1.165, 1.54) is 11.1 Å². The second kappa shape index (κ2) is 11.7. The minimum atomic E-state index is 0.0267. The lowest BCUT2D eigenvalue weighted by Gasteiger charge is -2.26. The van der Waals surface area contributed by atoms with Crippen LogP contribution in [0.4, 0.5) is 0 Å². The molecule has 7 heteroatoms. The predicted octanol–water partition coefficient (Wildman–Crippen LogP) is 5.38. The number of hydrogen-bond donors (Lipinski definition) is 0. The van der Waals surface area contributed by atoms with E-state index in [9.17, 15) is 4.79 Å². The van der Waals surface area contributed by atoms with Crippen molar-refractivity contribution in [3.05, 3.63) is 119 Å². The third-order valence-electron chi connectivity index (χ3n) is 7.29. The molecule has 1 aliphatic rings. The summed E-state index contributed by atoms with van der Waals surface area (Å²) in [6, 6.07) is 23.9. The van der Waals surface area contributed by atoms with Crippen LogP contribution in [0, 0.1) is 11.8 Å². The Balaban J connectivity index is 1.22.